The third kappa shape index (κ3) is 5.42. The van der Waals surface area contributed by atoms with Gasteiger partial charge in [-0.05, 0) is 12.3 Å². The van der Waals surface area contributed by atoms with Gasteiger partial charge in [0.05, 0.1) is 6.61 Å². The molecule has 0 fully saturated rings. The molecule has 1 N–H and O–H groups in total. The number of hydrogen-bond acceptors (Lipinski definition) is 3. The maximum atomic E-state index is 5.48. The third-order valence-electron chi connectivity index (χ3n) is 2.11. The van der Waals surface area contributed by atoms with E-state index in [2.05, 4.69) is 24.3 Å². The Hall–Kier alpha value is -1.03. The van der Waals surface area contributed by atoms with Crippen molar-refractivity contribution in [2.75, 3.05) is 25.1 Å². The Balaban J connectivity index is 1.98. The Bertz CT molecular complexity index is 271. The minimum absolute atomic E-state index is 0.716. The lowest BCUT2D eigenvalue weighted by molar-refractivity contribution is 0.132. The van der Waals surface area contributed by atoms with E-state index in [1.807, 2.05) is 19.3 Å². The van der Waals surface area contributed by atoms with Gasteiger partial charge in [0.2, 0.25) is 0 Å². The van der Waals surface area contributed by atoms with Gasteiger partial charge >= 0.3 is 0 Å². The van der Waals surface area contributed by atoms with Crippen LogP contribution in [-0.2, 0) is 11.8 Å². The molecule has 4 heteroatoms. The lowest BCUT2D eigenvalue weighted by Crippen LogP contribution is -2.11. The first-order valence-electron chi connectivity index (χ1n) is 5.49. The van der Waals surface area contributed by atoms with Crippen molar-refractivity contribution >= 4 is 5.82 Å². The highest BCUT2D eigenvalue weighted by atomic mass is 16.5. The van der Waals surface area contributed by atoms with Crippen LogP contribution in [-0.4, -0.2) is 29.5 Å². The lowest BCUT2D eigenvalue weighted by atomic mass is 10.1. The van der Waals surface area contributed by atoms with Gasteiger partial charge in [0.15, 0.2) is 0 Å². The molecule has 0 aliphatic carbocycles. The van der Waals surface area contributed by atoms with E-state index >= 15 is 0 Å². The molecule has 86 valence electrons. The van der Waals surface area contributed by atoms with Crippen LogP contribution >= 0.6 is 0 Å². The number of aryl methyl sites for hydroxylation is 1. The van der Waals surface area contributed by atoms with E-state index in [-0.39, 0.29) is 0 Å². The van der Waals surface area contributed by atoms with Crippen molar-refractivity contribution in [2.24, 2.45) is 13.0 Å². The first kappa shape index (κ1) is 12.0. The molecule has 0 aromatic carbocycles. The van der Waals surface area contributed by atoms with E-state index in [1.54, 1.807) is 4.68 Å². The summed E-state index contributed by atoms with van der Waals surface area (Å²) in [5, 5.41) is 7.40. The summed E-state index contributed by atoms with van der Waals surface area (Å²) in [5.41, 5.74) is 0. The van der Waals surface area contributed by atoms with Gasteiger partial charge in [-0.3, -0.25) is 4.68 Å². The molecule has 1 rings (SSSR count). The Labute approximate surface area is 91.6 Å². The van der Waals surface area contributed by atoms with E-state index in [9.17, 15) is 0 Å². The number of hydrogen-bond donors (Lipinski definition) is 1. The standard InChI is InChI=1S/C11H21N3O/c1-10(2)5-8-15-9-6-12-11-4-7-14(3)13-11/h4,7,10H,5-6,8-9H2,1-3H3,(H,12,13). The topological polar surface area (TPSA) is 39.1 Å². The number of aromatic nitrogens is 2. The van der Waals surface area contributed by atoms with Gasteiger partial charge in [0.25, 0.3) is 0 Å². The molecular formula is C11H21N3O. The largest absolute Gasteiger partial charge is 0.380 e. The lowest BCUT2D eigenvalue weighted by Gasteiger charge is -2.06. The quantitative estimate of drug-likeness (QED) is 0.700. The van der Waals surface area contributed by atoms with Crippen LogP contribution < -0.4 is 5.32 Å². The summed E-state index contributed by atoms with van der Waals surface area (Å²) in [5.74, 6) is 1.62. The molecule has 0 aliphatic rings. The van der Waals surface area contributed by atoms with Gasteiger partial charge in [-0.2, -0.15) is 5.10 Å². The summed E-state index contributed by atoms with van der Waals surface area (Å²) in [4.78, 5) is 0. The Kier molecular flexibility index (Phi) is 5.18. The Morgan fingerprint density at radius 2 is 2.27 bits per heavy atom. The summed E-state index contributed by atoms with van der Waals surface area (Å²) in [7, 11) is 1.91. The van der Waals surface area contributed by atoms with Crippen LogP contribution in [0.4, 0.5) is 5.82 Å². The molecule has 1 heterocycles. The highest BCUT2D eigenvalue weighted by molar-refractivity contribution is 5.31. The monoisotopic (exact) mass is 211 g/mol. The SMILES string of the molecule is CC(C)CCOCCNc1ccn(C)n1. The number of ether oxygens (including phenoxy) is 1. The van der Waals surface area contributed by atoms with Crippen LogP contribution in [0.25, 0.3) is 0 Å². The fourth-order valence-corrected chi connectivity index (χ4v) is 1.18. The molecule has 0 saturated carbocycles. The highest BCUT2D eigenvalue weighted by Gasteiger charge is 1.96. The normalized spacial score (nSPS) is 10.9. The zero-order valence-electron chi connectivity index (χ0n) is 9.86. The van der Waals surface area contributed by atoms with Gasteiger partial charge in [-0.1, -0.05) is 13.8 Å². The second-order valence-corrected chi connectivity index (χ2v) is 4.10. The van der Waals surface area contributed by atoms with E-state index < -0.39 is 0 Å². The van der Waals surface area contributed by atoms with Crippen LogP contribution in [0.1, 0.15) is 20.3 Å². The Morgan fingerprint density at radius 3 is 2.87 bits per heavy atom. The molecule has 1 aromatic heterocycles. The number of anilines is 1. The van der Waals surface area contributed by atoms with Gasteiger partial charge in [-0.15, -0.1) is 0 Å². The van der Waals surface area contributed by atoms with Crippen LogP contribution in [0.15, 0.2) is 12.3 Å². The molecule has 4 nitrogen and oxygen atoms in total. The van der Waals surface area contributed by atoms with E-state index in [0.717, 1.165) is 32.0 Å². The smallest absolute Gasteiger partial charge is 0.148 e. The number of rotatable bonds is 7. The molecule has 0 bridgehead atoms. The van der Waals surface area contributed by atoms with Crippen molar-refractivity contribution in [3.63, 3.8) is 0 Å². The van der Waals surface area contributed by atoms with Crippen molar-refractivity contribution < 1.29 is 4.74 Å². The van der Waals surface area contributed by atoms with Crippen molar-refractivity contribution in [3.8, 4) is 0 Å². The van der Waals surface area contributed by atoms with Crippen molar-refractivity contribution in [3.05, 3.63) is 12.3 Å². The van der Waals surface area contributed by atoms with E-state index in [4.69, 9.17) is 4.74 Å². The molecule has 0 saturated heterocycles. The van der Waals surface area contributed by atoms with Crippen LogP contribution in [0.3, 0.4) is 0 Å². The fourth-order valence-electron chi connectivity index (χ4n) is 1.18. The predicted molar refractivity (Wildman–Crippen MR) is 62.0 cm³/mol. The molecule has 0 amide bonds. The number of nitrogens with zero attached hydrogens (tertiary/aromatic N) is 2. The number of nitrogens with one attached hydrogen (secondary N) is 1. The molecular weight excluding hydrogens is 190 g/mol. The summed E-state index contributed by atoms with van der Waals surface area (Å²) < 4.78 is 7.26. The second kappa shape index (κ2) is 6.45. The summed E-state index contributed by atoms with van der Waals surface area (Å²) >= 11 is 0. The molecule has 0 atom stereocenters. The van der Waals surface area contributed by atoms with Crippen LogP contribution in [0.2, 0.25) is 0 Å². The van der Waals surface area contributed by atoms with Gasteiger partial charge < -0.3 is 10.1 Å². The average molecular weight is 211 g/mol. The second-order valence-electron chi connectivity index (χ2n) is 4.10. The van der Waals surface area contributed by atoms with E-state index in [0.29, 0.717) is 5.92 Å². The van der Waals surface area contributed by atoms with Gasteiger partial charge in [0.1, 0.15) is 5.82 Å². The molecule has 1 aromatic rings. The molecule has 15 heavy (non-hydrogen) atoms. The first-order valence-corrected chi connectivity index (χ1v) is 5.49. The maximum absolute atomic E-state index is 5.48. The zero-order valence-corrected chi connectivity index (χ0v) is 9.86. The molecule has 0 radical (unpaired) electrons. The summed E-state index contributed by atoms with van der Waals surface area (Å²) in [6, 6.07) is 1.95. The highest BCUT2D eigenvalue weighted by Crippen LogP contribution is 2.00. The fraction of sp³-hybridized carbons (Fsp3) is 0.727. The zero-order chi connectivity index (χ0) is 11.1. The van der Waals surface area contributed by atoms with Crippen LogP contribution in [0, 0.1) is 5.92 Å². The minimum Gasteiger partial charge on any atom is -0.380 e. The Morgan fingerprint density at radius 1 is 1.47 bits per heavy atom. The molecule has 0 unspecified atom stereocenters. The maximum Gasteiger partial charge on any atom is 0.148 e. The average Bonchev–Trinajstić information content (AvgIpc) is 2.57. The summed E-state index contributed by atoms with van der Waals surface area (Å²) in [6.07, 6.45) is 3.05. The van der Waals surface area contributed by atoms with Gasteiger partial charge in [-0.25, -0.2) is 0 Å². The molecule has 0 spiro atoms. The third-order valence-corrected chi connectivity index (χ3v) is 2.11. The van der Waals surface area contributed by atoms with E-state index in [1.165, 1.54) is 0 Å². The minimum atomic E-state index is 0.716. The predicted octanol–water partition coefficient (Wildman–Crippen LogP) is 1.89. The van der Waals surface area contributed by atoms with Crippen molar-refractivity contribution in [1.29, 1.82) is 0 Å². The molecule has 0 aliphatic heterocycles. The van der Waals surface area contributed by atoms with Crippen molar-refractivity contribution in [2.45, 2.75) is 20.3 Å². The van der Waals surface area contributed by atoms with Gasteiger partial charge in [0, 0.05) is 32.5 Å². The summed E-state index contributed by atoms with van der Waals surface area (Å²) in [6.45, 7) is 6.81. The van der Waals surface area contributed by atoms with Crippen LogP contribution in [0.5, 0.6) is 0 Å². The van der Waals surface area contributed by atoms with Crippen molar-refractivity contribution in [1.82, 2.24) is 9.78 Å². The first-order chi connectivity index (χ1) is 7.18.